The average Bonchev–Trinajstić information content (AvgIpc) is 2.72. The van der Waals surface area contributed by atoms with Crippen molar-refractivity contribution in [3.63, 3.8) is 0 Å². The van der Waals surface area contributed by atoms with E-state index < -0.39 is 0 Å². The Bertz CT molecular complexity index is 1140. The molecule has 0 radical (unpaired) electrons. The third-order valence-corrected chi connectivity index (χ3v) is 4.73. The number of hydrogen-bond donors (Lipinski definition) is 0. The summed E-state index contributed by atoms with van der Waals surface area (Å²) in [4.78, 5) is 9.36. The molecular formula is C23H16Cl2N2O. The molecule has 1 aromatic heterocycles. The molecule has 4 aromatic rings. The number of ether oxygens (including phenoxy) is 1. The van der Waals surface area contributed by atoms with Crippen LogP contribution in [0.3, 0.4) is 0 Å². The minimum absolute atomic E-state index is 0.413. The zero-order valence-corrected chi connectivity index (χ0v) is 16.4. The van der Waals surface area contributed by atoms with Crippen LogP contribution in [0, 0.1) is 0 Å². The Kier molecular flexibility index (Phi) is 5.56. The Morgan fingerprint density at radius 2 is 1.50 bits per heavy atom. The Balaban J connectivity index is 1.69. The molecule has 0 saturated carbocycles. The predicted molar refractivity (Wildman–Crippen MR) is 116 cm³/mol. The average molecular weight is 407 g/mol. The Labute approximate surface area is 173 Å². The van der Waals surface area contributed by atoms with Crippen molar-refractivity contribution >= 4 is 46.4 Å². The lowest BCUT2D eigenvalue weighted by Gasteiger charge is -2.09. The van der Waals surface area contributed by atoms with Crippen molar-refractivity contribution in [3.8, 4) is 5.88 Å². The molecular weight excluding hydrogens is 391 g/mol. The minimum atomic E-state index is 0.413. The molecule has 0 spiro atoms. The van der Waals surface area contributed by atoms with Gasteiger partial charge >= 0.3 is 0 Å². The molecule has 4 rings (SSSR count). The highest BCUT2D eigenvalue weighted by atomic mass is 35.5. The monoisotopic (exact) mass is 406 g/mol. The first-order chi connectivity index (χ1) is 13.7. The number of fused-ring (bicyclic) bond motifs is 1. The van der Waals surface area contributed by atoms with Crippen LogP contribution in [0.25, 0.3) is 23.2 Å². The lowest BCUT2D eigenvalue weighted by atomic mass is 10.2. The SMILES string of the molecule is Clc1ccc(/C=C\c2nc3ccccc3nc2OCc2ccccc2)c(Cl)c1. The van der Waals surface area contributed by atoms with Gasteiger partial charge in [0.05, 0.1) is 11.0 Å². The molecule has 0 saturated heterocycles. The molecule has 5 heteroatoms. The summed E-state index contributed by atoms with van der Waals surface area (Å²) in [5.74, 6) is 0.476. The van der Waals surface area contributed by atoms with Gasteiger partial charge in [0, 0.05) is 10.0 Å². The van der Waals surface area contributed by atoms with Gasteiger partial charge in [-0.3, -0.25) is 0 Å². The highest BCUT2D eigenvalue weighted by Crippen LogP contribution is 2.25. The number of nitrogens with zero attached hydrogens (tertiary/aromatic N) is 2. The normalized spacial score (nSPS) is 11.2. The summed E-state index contributed by atoms with van der Waals surface area (Å²) in [5, 5.41) is 1.17. The second kappa shape index (κ2) is 8.42. The van der Waals surface area contributed by atoms with Gasteiger partial charge < -0.3 is 4.74 Å². The molecule has 28 heavy (non-hydrogen) atoms. The van der Waals surface area contributed by atoms with Gasteiger partial charge in [-0.2, -0.15) is 0 Å². The second-order valence-electron chi connectivity index (χ2n) is 6.18. The first-order valence-electron chi connectivity index (χ1n) is 8.76. The van der Waals surface area contributed by atoms with Gasteiger partial charge in [0.15, 0.2) is 0 Å². The van der Waals surface area contributed by atoms with Crippen LogP contribution in [-0.4, -0.2) is 9.97 Å². The molecule has 0 bridgehead atoms. The van der Waals surface area contributed by atoms with E-state index in [1.807, 2.05) is 72.8 Å². The lowest BCUT2D eigenvalue weighted by Crippen LogP contribution is -2.01. The molecule has 3 aromatic carbocycles. The summed E-state index contributed by atoms with van der Waals surface area (Å²) < 4.78 is 5.99. The number of benzene rings is 3. The number of hydrogen-bond acceptors (Lipinski definition) is 3. The van der Waals surface area contributed by atoms with Crippen LogP contribution in [0.5, 0.6) is 5.88 Å². The van der Waals surface area contributed by atoms with E-state index in [-0.39, 0.29) is 0 Å². The quantitative estimate of drug-likeness (QED) is 0.370. The smallest absolute Gasteiger partial charge is 0.240 e. The van der Waals surface area contributed by atoms with Crippen molar-refractivity contribution in [2.24, 2.45) is 0 Å². The maximum absolute atomic E-state index is 6.27. The van der Waals surface area contributed by atoms with Gasteiger partial charge in [0.1, 0.15) is 12.3 Å². The third-order valence-electron chi connectivity index (χ3n) is 4.17. The largest absolute Gasteiger partial charge is 0.471 e. The highest BCUT2D eigenvalue weighted by molar-refractivity contribution is 6.35. The molecule has 0 unspecified atom stereocenters. The van der Waals surface area contributed by atoms with E-state index in [0.717, 1.165) is 22.2 Å². The number of aromatic nitrogens is 2. The molecule has 138 valence electrons. The summed E-state index contributed by atoms with van der Waals surface area (Å²) in [5.41, 5.74) is 4.13. The van der Waals surface area contributed by atoms with Gasteiger partial charge in [-0.15, -0.1) is 0 Å². The van der Waals surface area contributed by atoms with Gasteiger partial charge in [-0.25, -0.2) is 9.97 Å². The van der Waals surface area contributed by atoms with E-state index in [1.54, 1.807) is 12.1 Å². The van der Waals surface area contributed by atoms with Gasteiger partial charge in [-0.1, -0.05) is 77.8 Å². The molecule has 3 nitrogen and oxygen atoms in total. The molecule has 0 aliphatic rings. The van der Waals surface area contributed by atoms with E-state index in [4.69, 9.17) is 32.9 Å². The third kappa shape index (κ3) is 4.33. The van der Waals surface area contributed by atoms with Crippen molar-refractivity contribution in [2.45, 2.75) is 6.61 Å². The van der Waals surface area contributed by atoms with Gasteiger partial charge in [0.25, 0.3) is 0 Å². The van der Waals surface area contributed by atoms with Crippen molar-refractivity contribution in [1.29, 1.82) is 0 Å². The summed E-state index contributed by atoms with van der Waals surface area (Å²) in [7, 11) is 0. The van der Waals surface area contributed by atoms with E-state index in [9.17, 15) is 0 Å². The maximum atomic E-state index is 6.27. The van der Waals surface area contributed by atoms with Crippen LogP contribution in [0.2, 0.25) is 10.0 Å². The molecule has 0 atom stereocenters. The maximum Gasteiger partial charge on any atom is 0.240 e. The Hall–Kier alpha value is -2.88. The Morgan fingerprint density at radius 3 is 2.25 bits per heavy atom. The van der Waals surface area contributed by atoms with Crippen LogP contribution in [0.15, 0.2) is 72.8 Å². The molecule has 1 heterocycles. The van der Waals surface area contributed by atoms with Crippen LogP contribution in [-0.2, 0) is 6.61 Å². The van der Waals surface area contributed by atoms with Gasteiger partial charge in [-0.05, 0) is 41.5 Å². The van der Waals surface area contributed by atoms with Crippen LogP contribution in [0.4, 0.5) is 0 Å². The lowest BCUT2D eigenvalue weighted by molar-refractivity contribution is 0.293. The fourth-order valence-corrected chi connectivity index (χ4v) is 3.22. The first-order valence-corrected chi connectivity index (χ1v) is 9.51. The van der Waals surface area contributed by atoms with Crippen LogP contribution in [0.1, 0.15) is 16.8 Å². The number of para-hydroxylation sites is 2. The second-order valence-corrected chi connectivity index (χ2v) is 7.02. The highest BCUT2D eigenvalue weighted by Gasteiger charge is 2.09. The van der Waals surface area contributed by atoms with E-state index >= 15 is 0 Å². The molecule has 0 fully saturated rings. The van der Waals surface area contributed by atoms with E-state index in [1.165, 1.54) is 0 Å². The topological polar surface area (TPSA) is 35.0 Å². The summed E-state index contributed by atoms with van der Waals surface area (Å²) in [6.45, 7) is 0.413. The molecule has 0 aliphatic heterocycles. The Morgan fingerprint density at radius 1 is 0.786 bits per heavy atom. The van der Waals surface area contributed by atoms with Crippen LogP contribution >= 0.6 is 23.2 Å². The van der Waals surface area contributed by atoms with Crippen molar-refractivity contribution in [2.75, 3.05) is 0 Å². The van der Waals surface area contributed by atoms with Gasteiger partial charge in [0.2, 0.25) is 5.88 Å². The van der Waals surface area contributed by atoms with Crippen molar-refractivity contribution < 1.29 is 4.74 Å². The molecule has 0 amide bonds. The standard InChI is InChI=1S/C23H16Cl2N2O/c24-18-12-10-17(19(25)14-18)11-13-22-23(28-15-16-6-2-1-3-7-16)27-21-9-5-4-8-20(21)26-22/h1-14H,15H2/b13-11-. The zero-order valence-electron chi connectivity index (χ0n) is 14.8. The fourth-order valence-electron chi connectivity index (χ4n) is 2.74. The zero-order chi connectivity index (χ0) is 19.3. The van der Waals surface area contributed by atoms with Crippen molar-refractivity contribution in [3.05, 3.63) is 99.7 Å². The van der Waals surface area contributed by atoms with Crippen molar-refractivity contribution in [1.82, 2.24) is 9.97 Å². The van der Waals surface area contributed by atoms with E-state index in [0.29, 0.717) is 28.2 Å². The van der Waals surface area contributed by atoms with Crippen LogP contribution < -0.4 is 4.74 Å². The predicted octanol–water partition coefficient (Wildman–Crippen LogP) is 6.69. The fraction of sp³-hybridized carbons (Fsp3) is 0.0435. The minimum Gasteiger partial charge on any atom is -0.471 e. The first kappa shape index (κ1) is 18.5. The summed E-state index contributed by atoms with van der Waals surface area (Å²) >= 11 is 12.2. The summed E-state index contributed by atoms with van der Waals surface area (Å²) in [6, 6.07) is 23.0. The number of rotatable bonds is 5. The van der Waals surface area contributed by atoms with E-state index in [2.05, 4.69) is 4.98 Å². The number of halogens is 2. The molecule has 0 N–H and O–H groups in total. The molecule has 0 aliphatic carbocycles. The summed E-state index contributed by atoms with van der Waals surface area (Å²) in [6.07, 6.45) is 3.74.